The number of nitrogens with two attached hydrogens (primary N) is 1. The average molecular weight is 246 g/mol. The first kappa shape index (κ1) is 13.1. The third-order valence-electron chi connectivity index (χ3n) is 1.97. The Morgan fingerprint density at radius 3 is 2.71 bits per heavy atom. The number of hydrogen-bond donors (Lipinski definition) is 1. The number of halogens is 2. The van der Waals surface area contributed by atoms with Crippen LogP contribution < -0.4 is 10.5 Å². The van der Waals surface area contributed by atoms with Crippen molar-refractivity contribution in [1.82, 2.24) is 4.98 Å². The lowest BCUT2D eigenvalue weighted by Gasteiger charge is -2.10. The van der Waals surface area contributed by atoms with Crippen molar-refractivity contribution in [3.63, 3.8) is 0 Å². The largest absolute Gasteiger partial charge is 0.481 e. The summed E-state index contributed by atoms with van der Waals surface area (Å²) in [7, 11) is 1.19. The molecule has 0 unspecified atom stereocenters. The summed E-state index contributed by atoms with van der Waals surface area (Å²) in [6.07, 6.45) is -2.81. The Morgan fingerprint density at radius 2 is 2.24 bits per heavy atom. The number of nitrogen functional groups attached to an aromatic ring is 1. The molecule has 0 aliphatic heterocycles. The van der Waals surface area contributed by atoms with Gasteiger partial charge in [0.1, 0.15) is 11.4 Å². The minimum absolute atomic E-state index is 0.119. The predicted molar refractivity (Wildman–Crippen MR) is 56.1 cm³/mol. The third kappa shape index (κ3) is 2.80. The Hall–Kier alpha value is -1.92. The van der Waals surface area contributed by atoms with Gasteiger partial charge in [0, 0.05) is 0 Å². The van der Waals surface area contributed by atoms with Crippen LogP contribution in [0.3, 0.4) is 0 Å². The Kier molecular flexibility index (Phi) is 4.19. The molecule has 0 saturated carbocycles. The standard InChI is InChI=1S/C10H12F2N2O3/c1-3-17-10(15)6-4-5(7(11)12)9(16-2)14-8(6)13/h4,7H,3H2,1-2H3,(H2,13,14). The second kappa shape index (κ2) is 5.42. The highest BCUT2D eigenvalue weighted by molar-refractivity contribution is 5.94. The maximum absolute atomic E-state index is 12.7. The molecule has 1 aromatic rings. The number of pyridine rings is 1. The molecule has 0 saturated heterocycles. The van der Waals surface area contributed by atoms with E-state index in [1.807, 2.05) is 0 Å². The van der Waals surface area contributed by atoms with Crippen molar-refractivity contribution >= 4 is 11.8 Å². The van der Waals surface area contributed by atoms with Gasteiger partial charge in [0.25, 0.3) is 6.43 Å². The van der Waals surface area contributed by atoms with Gasteiger partial charge < -0.3 is 15.2 Å². The highest BCUT2D eigenvalue weighted by atomic mass is 19.3. The average Bonchev–Trinajstić information content (AvgIpc) is 2.28. The van der Waals surface area contributed by atoms with Crippen LogP contribution in [0.4, 0.5) is 14.6 Å². The number of carbonyl (C=O) groups excluding carboxylic acids is 1. The molecule has 1 heterocycles. The van der Waals surface area contributed by atoms with E-state index in [0.717, 1.165) is 6.07 Å². The predicted octanol–water partition coefficient (Wildman–Crippen LogP) is 1.79. The fourth-order valence-corrected chi connectivity index (χ4v) is 1.22. The molecule has 17 heavy (non-hydrogen) atoms. The van der Waals surface area contributed by atoms with Crippen LogP contribution in [0, 0.1) is 0 Å². The molecule has 0 radical (unpaired) electrons. The van der Waals surface area contributed by atoms with Crippen LogP contribution in [-0.2, 0) is 4.74 Å². The van der Waals surface area contributed by atoms with E-state index in [-0.39, 0.29) is 23.9 Å². The summed E-state index contributed by atoms with van der Waals surface area (Å²) in [6.45, 7) is 1.72. The number of aromatic nitrogens is 1. The second-order valence-electron chi connectivity index (χ2n) is 3.04. The van der Waals surface area contributed by atoms with E-state index >= 15 is 0 Å². The molecule has 0 aliphatic rings. The van der Waals surface area contributed by atoms with Gasteiger partial charge in [-0.3, -0.25) is 0 Å². The summed E-state index contributed by atoms with van der Waals surface area (Å²) in [5, 5.41) is 0. The molecule has 7 heteroatoms. The molecule has 0 aliphatic carbocycles. The van der Waals surface area contributed by atoms with Crippen LogP contribution in [-0.4, -0.2) is 24.7 Å². The number of anilines is 1. The Morgan fingerprint density at radius 1 is 1.59 bits per heavy atom. The number of carbonyl (C=O) groups is 1. The lowest BCUT2D eigenvalue weighted by atomic mass is 10.2. The van der Waals surface area contributed by atoms with E-state index in [1.54, 1.807) is 6.92 Å². The highest BCUT2D eigenvalue weighted by Gasteiger charge is 2.22. The fraction of sp³-hybridized carbons (Fsp3) is 0.400. The minimum atomic E-state index is -2.81. The first-order chi connectivity index (χ1) is 8.01. The molecule has 0 aromatic carbocycles. The maximum atomic E-state index is 12.7. The molecule has 2 N–H and O–H groups in total. The second-order valence-corrected chi connectivity index (χ2v) is 3.04. The van der Waals surface area contributed by atoms with Crippen LogP contribution in [0.2, 0.25) is 0 Å². The molecule has 1 aromatic heterocycles. The molecule has 0 spiro atoms. The third-order valence-corrected chi connectivity index (χ3v) is 1.97. The lowest BCUT2D eigenvalue weighted by Crippen LogP contribution is -2.11. The van der Waals surface area contributed by atoms with Crippen LogP contribution >= 0.6 is 0 Å². The number of methoxy groups -OCH3 is 1. The molecule has 0 fully saturated rings. The molecule has 0 amide bonds. The number of rotatable bonds is 4. The van der Waals surface area contributed by atoms with Crippen molar-refractivity contribution in [2.24, 2.45) is 0 Å². The lowest BCUT2D eigenvalue weighted by molar-refractivity contribution is 0.0526. The first-order valence-electron chi connectivity index (χ1n) is 4.80. The quantitative estimate of drug-likeness (QED) is 0.820. The van der Waals surface area contributed by atoms with E-state index in [0.29, 0.717) is 0 Å². The molecule has 0 atom stereocenters. The highest BCUT2D eigenvalue weighted by Crippen LogP contribution is 2.30. The molecular formula is C10H12F2N2O3. The van der Waals surface area contributed by atoms with Gasteiger partial charge >= 0.3 is 5.97 Å². The van der Waals surface area contributed by atoms with E-state index in [4.69, 9.17) is 5.73 Å². The van der Waals surface area contributed by atoms with Crippen molar-refractivity contribution in [3.05, 3.63) is 17.2 Å². The topological polar surface area (TPSA) is 74.4 Å². The minimum Gasteiger partial charge on any atom is -0.481 e. The summed E-state index contributed by atoms with van der Waals surface area (Å²) in [5.41, 5.74) is 4.77. The normalized spacial score (nSPS) is 10.4. The molecule has 94 valence electrons. The van der Waals surface area contributed by atoms with E-state index in [1.165, 1.54) is 7.11 Å². The summed E-state index contributed by atoms with van der Waals surface area (Å²) in [5.74, 6) is -1.29. The van der Waals surface area contributed by atoms with E-state index in [2.05, 4.69) is 14.5 Å². The zero-order valence-electron chi connectivity index (χ0n) is 9.37. The van der Waals surface area contributed by atoms with E-state index in [9.17, 15) is 13.6 Å². The van der Waals surface area contributed by atoms with Crippen LogP contribution in [0.1, 0.15) is 29.3 Å². The van der Waals surface area contributed by atoms with Crippen molar-refractivity contribution < 1.29 is 23.0 Å². The van der Waals surface area contributed by atoms with Gasteiger partial charge in [0.15, 0.2) is 0 Å². The monoisotopic (exact) mass is 246 g/mol. The summed E-state index contributed by atoms with van der Waals surface area (Å²) in [4.78, 5) is 15.0. The van der Waals surface area contributed by atoms with Gasteiger partial charge in [-0.25, -0.2) is 13.6 Å². The first-order valence-corrected chi connectivity index (χ1v) is 4.80. The zero-order valence-corrected chi connectivity index (χ0v) is 9.37. The van der Waals surface area contributed by atoms with Gasteiger partial charge in [-0.1, -0.05) is 0 Å². The smallest absolute Gasteiger partial charge is 0.341 e. The van der Waals surface area contributed by atoms with Gasteiger partial charge in [0.2, 0.25) is 5.88 Å². The van der Waals surface area contributed by atoms with Gasteiger partial charge in [-0.05, 0) is 13.0 Å². The number of hydrogen-bond acceptors (Lipinski definition) is 5. The van der Waals surface area contributed by atoms with Gasteiger partial charge in [-0.2, -0.15) is 4.98 Å². The Labute approximate surface area is 96.5 Å². The number of nitrogens with zero attached hydrogens (tertiary/aromatic N) is 1. The molecular weight excluding hydrogens is 234 g/mol. The van der Waals surface area contributed by atoms with Crippen molar-refractivity contribution in [2.45, 2.75) is 13.3 Å². The van der Waals surface area contributed by atoms with E-state index < -0.39 is 18.0 Å². The zero-order chi connectivity index (χ0) is 13.0. The van der Waals surface area contributed by atoms with Crippen molar-refractivity contribution in [1.29, 1.82) is 0 Å². The number of esters is 1. The van der Waals surface area contributed by atoms with Gasteiger partial charge in [-0.15, -0.1) is 0 Å². The fourth-order valence-electron chi connectivity index (χ4n) is 1.22. The Bertz CT molecular complexity index is 424. The number of alkyl halides is 2. The van der Waals surface area contributed by atoms with Crippen LogP contribution in [0.25, 0.3) is 0 Å². The van der Waals surface area contributed by atoms with Crippen LogP contribution in [0.15, 0.2) is 6.07 Å². The maximum Gasteiger partial charge on any atom is 0.341 e. The summed E-state index contributed by atoms with van der Waals surface area (Å²) in [6, 6.07) is 0.934. The van der Waals surface area contributed by atoms with Gasteiger partial charge in [0.05, 0.1) is 19.3 Å². The Balaban J connectivity index is 3.24. The van der Waals surface area contributed by atoms with Crippen LogP contribution in [0.5, 0.6) is 5.88 Å². The SMILES string of the molecule is CCOC(=O)c1cc(C(F)F)c(OC)nc1N. The molecule has 5 nitrogen and oxygen atoms in total. The molecule has 1 rings (SSSR count). The van der Waals surface area contributed by atoms with Crippen molar-refractivity contribution in [3.8, 4) is 5.88 Å². The van der Waals surface area contributed by atoms with Crippen molar-refractivity contribution in [2.75, 3.05) is 19.5 Å². The number of ether oxygens (including phenoxy) is 2. The summed E-state index contributed by atoms with van der Waals surface area (Å²) >= 11 is 0. The molecule has 0 bridgehead atoms. The summed E-state index contributed by atoms with van der Waals surface area (Å²) < 4.78 is 34.7.